The van der Waals surface area contributed by atoms with Crippen molar-refractivity contribution in [2.75, 3.05) is 26.3 Å². The molecule has 7 nitrogen and oxygen atoms in total. The van der Waals surface area contributed by atoms with E-state index in [4.69, 9.17) is 10.5 Å². The highest BCUT2D eigenvalue weighted by molar-refractivity contribution is 5.75. The van der Waals surface area contributed by atoms with E-state index >= 15 is 0 Å². The van der Waals surface area contributed by atoms with Gasteiger partial charge >= 0.3 is 5.97 Å². The van der Waals surface area contributed by atoms with E-state index in [1.165, 1.54) is 0 Å². The summed E-state index contributed by atoms with van der Waals surface area (Å²) in [6.07, 6.45) is 0.00940. The van der Waals surface area contributed by atoms with Gasteiger partial charge in [-0.3, -0.25) is 19.8 Å². The number of carbonyl (C=O) groups excluding carboxylic acids is 1. The maximum Gasteiger partial charge on any atom is 0.321 e. The van der Waals surface area contributed by atoms with Crippen molar-refractivity contribution in [2.24, 2.45) is 5.73 Å². The lowest BCUT2D eigenvalue weighted by molar-refractivity contribution is -0.140. The Kier molecular flexibility index (Phi) is 6.52. The van der Waals surface area contributed by atoms with E-state index in [1.54, 1.807) is 0 Å². The average molecular weight is 321 g/mol. The van der Waals surface area contributed by atoms with Crippen LogP contribution in [0.5, 0.6) is 0 Å². The quantitative estimate of drug-likeness (QED) is 0.613. The lowest BCUT2D eigenvalue weighted by atomic mass is 10.1. The number of morpholine rings is 1. The van der Waals surface area contributed by atoms with E-state index in [0.717, 1.165) is 5.56 Å². The highest BCUT2D eigenvalue weighted by atomic mass is 16.5. The second kappa shape index (κ2) is 8.61. The monoisotopic (exact) mass is 321 g/mol. The first-order valence-corrected chi connectivity index (χ1v) is 7.69. The Morgan fingerprint density at radius 2 is 1.91 bits per heavy atom. The van der Waals surface area contributed by atoms with Crippen LogP contribution in [0.15, 0.2) is 30.3 Å². The van der Waals surface area contributed by atoms with Crippen molar-refractivity contribution >= 4 is 11.9 Å². The van der Waals surface area contributed by atoms with Crippen molar-refractivity contribution in [2.45, 2.75) is 25.0 Å². The second-order valence-corrected chi connectivity index (χ2v) is 5.58. The van der Waals surface area contributed by atoms with Gasteiger partial charge in [0.15, 0.2) is 0 Å². The summed E-state index contributed by atoms with van der Waals surface area (Å²) in [7, 11) is 0. The largest absolute Gasteiger partial charge is 0.480 e. The molecule has 1 heterocycles. The average Bonchev–Trinajstić information content (AvgIpc) is 2.54. The van der Waals surface area contributed by atoms with Gasteiger partial charge in [0.25, 0.3) is 0 Å². The van der Waals surface area contributed by atoms with Crippen LogP contribution >= 0.6 is 0 Å². The molecule has 0 aliphatic carbocycles. The molecule has 1 aliphatic heterocycles. The van der Waals surface area contributed by atoms with E-state index < -0.39 is 24.1 Å². The van der Waals surface area contributed by atoms with Gasteiger partial charge in [-0.1, -0.05) is 30.3 Å². The molecule has 0 spiro atoms. The fourth-order valence-electron chi connectivity index (χ4n) is 2.67. The maximum atomic E-state index is 11.6. The topological polar surface area (TPSA) is 105 Å². The summed E-state index contributed by atoms with van der Waals surface area (Å²) in [5, 5.41) is 12.6. The number of nitrogens with two attached hydrogens (primary N) is 1. The van der Waals surface area contributed by atoms with Gasteiger partial charge in [0.2, 0.25) is 5.91 Å². The normalized spacial score (nSPS) is 18.3. The zero-order valence-electron chi connectivity index (χ0n) is 13.0. The summed E-state index contributed by atoms with van der Waals surface area (Å²) < 4.78 is 5.30. The smallest absolute Gasteiger partial charge is 0.321 e. The summed E-state index contributed by atoms with van der Waals surface area (Å²) in [6.45, 7) is 2.41. The third kappa shape index (κ3) is 5.63. The summed E-state index contributed by atoms with van der Waals surface area (Å²) in [6, 6.07) is 8.61. The molecule has 1 aliphatic rings. The Morgan fingerprint density at radius 3 is 2.48 bits per heavy atom. The molecule has 2 rings (SSSR count). The van der Waals surface area contributed by atoms with Crippen molar-refractivity contribution in [3.8, 4) is 0 Å². The number of carbonyl (C=O) groups is 2. The van der Waals surface area contributed by atoms with E-state index in [9.17, 15) is 14.7 Å². The molecule has 0 bridgehead atoms. The fraction of sp³-hybridized carbons (Fsp3) is 0.500. The number of nitrogens with zero attached hydrogens (tertiary/aromatic N) is 1. The van der Waals surface area contributed by atoms with Crippen molar-refractivity contribution in [1.82, 2.24) is 10.2 Å². The molecule has 1 saturated heterocycles. The molecule has 1 aromatic carbocycles. The van der Waals surface area contributed by atoms with Crippen molar-refractivity contribution < 1.29 is 19.4 Å². The Morgan fingerprint density at radius 1 is 1.26 bits per heavy atom. The van der Waals surface area contributed by atoms with Crippen molar-refractivity contribution in [3.63, 3.8) is 0 Å². The second-order valence-electron chi connectivity index (χ2n) is 5.58. The zero-order valence-corrected chi connectivity index (χ0v) is 13.0. The van der Waals surface area contributed by atoms with E-state index in [2.05, 4.69) is 5.32 Å². The standard InChI is InChI=1S/C16H23N3O4/c17-14(20)11-15(19-6-8-23-9-7-19)18-13(16(21)22)10-12-4-2-1-3-5-12/h1-5,13,15,18H,6-11H2,(H2,17,20)(H,21,22)/t13-,15?/m1/s1. The minimum absolute atomic E-state index is 0.0680. The first-order valence-electron chi connectivity index (χ1n) is 7.69. The van der Waals surface area contributed by atoms with Crippen molar-refractivity contribution in [3.05, 3.63) is 35.9 Å². The van der Waals surface area contributed by atoms with Gasteiger partial charge in [-0.2, -0.15) is 0 Å². The Labute approximate surface area is 135 Å². The summed E-state index contributed by atoms with van der Waals surface area (Å²) in [5.41, 5.74) is 6.24. The molecule has 0 radical (unpaired) electrons. The number of carboxylic acids is 1. The highest BCUT2D eigenvalue weighted by Crippen LogP contribution is 2.09. The summed E-state index contributed by atoms with van der Waals surface area (Å²) >= 11 is 0. The van der Waals surface area contributed by atoms with Gasteiger partial charge in [0.1, 0.15) is 6.04 Å². The number of benzene rings is 1. The highest BCUT2D eigenvalue weighted by Gasteiger charge is 2.28. The molecule has 7 heteroatoms. The van der Waals surface area contributed by atoms with E-state index in [-0.39, 0.29) is 6.42 Å². The van der Waals surface area contributed by atoms with Crippen LogP contribution in [-0.4, -0.2) is 60.4 Å². The number of hydrogen-bond acceptors (Lipinski definition) is 5. The number of rotatable bonds is 8. The summed E-state index contributed by atoms with van der Waals surface area (Å²) in [4.78, 5) is 24.9. The third-order valence-electron chi connectivity index (χ3n) is 3.86. The van der Waals surface area contributed by atoms with Gasteiger partial charge in [0.05, 0.1) is 25.8 Å². The number of amides is 1. The number of ether oxygens (including phenoxy) is 1. The van der Waals surface area contributed by atoms with Crippen LogP contribution in [0.3, 0.4) is 0 Å². The molecular formula is C16H23N3O4. The Balaban J connectivity index is 2.06. The van der Waals surface area contributed by atoms with Crippen LogP contribution in [-0.2, 0) is 20.7 Å². The predicted octanol–water partition coefficient (Wildman–Crippen LogP) is -0.194. The van der Waals surface area contributed by atoms with Crippen LogP contribution in [0.4, 0.5) is 0 Å². The molecular weight excluding hydrogens is 298 g/mol. The van der Waals surface area contributed by atoms with Gasteiger partial charge < -0.3 is 15.6 Å². The Hall–Kier alpha value is -1.96. The number of primary amides is 1. The number of aliphatic carboxylic acids is 1. The van der Waals surface area contributed by atoms with Crippen LogP contribution in [0.2, 0.25) is 0 Å². The molecule has 1 fully saturated rings. The minimum atomic E-state index is -0.948. The molecule has 0 aromatic heterocycles. The number of carboxylic acid groups (broad SMARTS) is 1. The molecule has 1 aromatic rings. The first kappa shape index (κ1) is 17.4. The Bertz CT molecular complexity index is 517. The van der Waals surface area contributed by atoms with Gasteiger partial charge in [-0.05, 0) is 12.0 Å². The third-order valence-corrected chi connectivity index (χ3v) is 3.86. The molecule has 2 atom stereocenters. The predicted molar refractivity (Wildman–Crippen MR) is 84.7 cm³/mol. The molecule has 4 N–H and O–H groups in total. The van der Waals surface area contributed by atoms with Crippen LogP contribution < -0.4 is 11.1 Å². The zero-order chi connectivity index (χ0) is 16.7. The van der Waals surface area contributed by atoms with Crippen LogP contribution in [0.1, 0.15) is 12.0 Å². The SMILES string of the molecule is NC(=O)CC(N[C@H](Cc1ccccc1)C(=O)O)N1CCOCC1. The van der Waals surface area contributed by atoms with Gasteiger partial charge in [-0.25, -0.2) is 0 Å². The molecule has 1 amide bonds. The maximum absolute atomic E-state index is 11.6. The summed E-state index contributed by atoms with van der Waals surface area (Å²) in [5.74, 6) is -1.41. The lowest BCUT2D eigenvalue weighted by Crippen LogP contribution is -2.56. The molecule has 1 unspecified atom stereocenters. The van der Waals surface area contributed by atoms with Crippen LogP contribution in [0.25, 0.3) is 0 Å². The lowest BCUT2D eigenvalue weighted by Gasteiger charge is -2.36. The first-order chi connectivity index (χ1) is 11.1. The fourth-order valence-corrected chi connectivity index (χ4v) is 2.67. The number of hydrogen-bond donors (Lipinski definition) is 3. The molecule has 23 heavy (non-hydrogen) atoms. The van der Waals surface area contributed by atoms with E-state index in [0.29, 0.717) is 32.7 Å². The van der Waals surface area contributed by atoms with Crippen LogP contribution in [0, 0.1) is 0 Å². The van der Waals surface area contributed by atoms with Gasteiger partial charge in [0, 0.05) is 13.1 Å². The molecule has 0 saturated carbocycles. The number of nitrogens with one attached hydrogen (secondary N) is 1. The minimum Gasteiger partial charge on any atom is -0.480 e. The van der Waals surface area contributed by atoms with Crippen molar-refractivity contribution in [1.29, 1.82) is 0 Å². The van der Waals surface area contributed by atoms with E-state index in [1.807, 2.05) is 35.2 Å². The van der Waals surface area contributed by atoms with Gasteiger partial charge in [-0.15, -0.1) is 0 Å². The molecule has 126 valence electrons.